The standard InChI is InChI=1S/C13H16O3/c1-2-3-4-7-10-16-12-9-6-5-8-11(12)13(14)15/h3-6,8-9H,2,7,10H2,1H3,(H,14,15)/b4-3+. The number of benzene rings is 1. The van der Waals surface area contributed by atoms with Gasteiger partial charge in [0, 0.05) is 0 Å². The second-order valence-corrected chi connectivity index (χ2v) is 3.32. The number of aromatic carboxylic acids is 1. The highest BCUT2D eigenvalue weighted by molar-refractivity contribution is 5.90. The first kappa shape index (κ1) is 12.3. The van der Waals surface area contributed by atoms with Gasteiger partial charge in [0.05, 0.1) is 6.61 Å². The highest BCUT2D eigenvalue weighted by Crippen LogP contribution is 2.17. The molecule has 3 heteroatoms. The van der Waals surface area contributed by atoms with Gasteiger partial charge in [0.1, 0.15) is 11.3 Å². The molecule has 0 fully saturated rings. The zero-order valence-electron chi connectivity index (χ0n) is 9.35. The molecule has 86 valence electrons. The van der Waals surface area contributed by atoms with E-state index >= 15 is 0 Å². The molecule has 1 aromatic rings. The number of hydrogen-bond donors (Lipinski definition) is 1. The molecule has 0 saturated carbocycles. The summed E-state index contributed by atoms with van der Waals surface area (Å²) in [5.41, 5.74) is 0.210. The molecule has 0 spiro atoms. The van der Waals surface area contributed by atoms with Crippen molar-refractivity contribution in [2.24, 2.45) is 0 Å². The maximum absolute atomic E-state index is 10.9. The van der Waals surface area contributed by atoms with E-state index in [2.05, 4.69) is 13.0 Å². The fourth-order valence-corrected chi connectivity index (χ4v) is 1.29. The minimum atomic E-state index is -0.959. The summed E-state index contributed by atoms with van der Waals surface area (Å²) in [6, 6.07) is 6.67. The molecule has 0 aliphatic rings. The van der Waals surface area contributed by atoms with E-state index in [0.717, 1.165) is 12.8 Å². The zero-order chi connectivity index (χ0) is 11.8. The van der Waals surface area contributed by atoms with E-state index in [1.165, 1.54) is 0 Å². The summed E-state index contributed by atoms with van der Waals surface area (Å²) < 4.78 is 5.41. The van der Waals surface area contributed by atoms with Crippen LogP contribution in [0.2, 0.25) is 0 Å². The molecule has 0 bridgehead atoms. The van der Waals surface area contributed by atoms with Crippen LogP contribution < -0.4 is 4.74 Å². The van der Waals surface area contributed by atoms with Gasteiger partial charge in [-0.2, -0.15) is 0 Å². The predicted molar refractivity (Wildman–Crippen MR) is 62.9 cm³/mol. The highest BCUT2D eigenvalue weighted by Gasteiger charge is 2.09. The third kappa shape index (κ3) is 3.77. The zero-order valence-corrected chi connectivity index (χ0v) is 9.35. The van der Waals surface area contributed by atoms with Crippen molar-refractivity contribution in [3.8, 4) is 5.75 Å². The molecule has 0 unspecified atom stereocenters. The molecule has 3 nitrogen and oxygen atoms in total. The monoisotopic (exact) mass is 220 g/mol. The Kier molecular flexibility index (Phi) is 5.12. The lowest BCUT2D eigenvalue weighted by Gasteiger charge is -2.07. The topological polar surface area (TPSA) is 46.5 Å². The average Bonchev–Trinajstić information content (AvgIpc) is 2.29. The van der Waals surface area contributed by atoms with Crippen LogP contribution in [0.5, 0.6) is 5.75 Å². The minimum Gasteiger partial charge on any atom is -0.492 e. The first-order valence-electron chi connectivity index (χ1n) is 5.35. The fraction of sp³-hybridized carbons (Fsp3) is 0.308. The Bertz CT molecular complexity index is 369. The van der Waals surface area contributed by atoms with Gasteiger partial charge in [-0.3, -0.25) is 0 Å². The number of para-hydroxylation sites is 1. The second kappa shape index (κ2) is 6.67. The van der Waals surface area contributed by atoms with Crippen molar-refractivity contribution in [3.05, 3.63) is 42.0 Å². The molecule has 0 atom stereocenters. The van der Waals surface area contributed by atoms with Crippen molar-refractivity contribution in [1.82, 2.24) is 0 Å². The lowest BCUT2D eigenvalue weighted by atomic mass is 10.2. The second-order valence-electron chi connectivity index (χ2n) is 3.32. The van der Waals surface area contributed by atoms with Gasteiger partial charge in [0.25, 0.3) is 0 Å². The molecule has 0 aliphatic carbocycles. The Morgan fingerprint density at radius 3 is 2.81 bits per heavy atom. The number of rotatable bonds is 6. The Morgan fingerprint density at radius 2 is 2.12 bits per heavy atom. The number of hydrogen-bond acceptors (Lipinski definition) is 2. The van der Waals surface area contributed by atoms with Gasteiger partial charge in [-0.05, 0) is 25.0 Å². The Hall–Kier alpha value is -1.77. The lowest BCUT2D eigenvalue weighted by Crippen LogP contribution is -2.03. The van der Waals surface area contributed by atoms with E-state index in [-0.39, 0.29) is 5.56 Å². The molecule has 1 N–H and O–H groups in total. The number of allylic oxidation sites excluding steroid dienone is 1. The van der Waals surface area contributed by atoms with Crippen LogP contribution in [0.15, 0.2) is 36.4 Å². The van der Waals surface area contributed by atoms with Gasteiger partial charge in [-0.15, -0.1) is 0 Å². The van der Waals surface area contributed by atoms with Crippen LogP contribution in [0, 0.1) is 0 Å². The molecule has 0 saturated heterocycles. The molecule has 0 heterocycles. The van der Waals surface area contributed by atoms with Crippen LogP contribution >= 0.6 is 0 Å². The smallest absolute Gasteiger partial charge is 0.339 e. The van der Waals surface area contributed by atoms with E-state index in [1.54, 1.807) is 24.3 Å². The third-order valence-corrected chi connectivity index (χ3v) is 2.06. The summed E-state index contributed by atoms with van der Waals surface area (Å²) in [5.74, 6) is -0.528. The summed E-state index contributed by atoms with van der Waals surface area (Å²) in [5, 5.41) is 8.91. The van der Waals surface area contributed by atoms with Crippen molar-refractivity contribution in [1.29, 1.82) is 0 Å². The molecule has 1 rings (SSSR count). The third-order valence-electron chi connectivity index (χ3n) is 2.06. The SMILES string of the molecule is CC/C=C/CCOc1ccccc1C(=O)O. The van der Waals surface area contributed by atoms with Crippen molar-refractivity contribution >= 4 is 5.97 Å². The van der Waals surface area contributed by atoms with E-state index < -0.39 is 5.97 Å². The maximum Gasteiger partial charge on any atom is 0.339 e. The normalized spacial score (nSPS) is 10.6. The Morgan fingerprint density at radius 1 is 1.38 bits per heavy atom. The van der Waals surface area contributed by atoms with E-state index in [4.69, 9.17) is 9.84 Å². The average molecular weight is 220 g/mol. The van der Waals surface area contributed by atoms with Gasteiger partial charge >= 0.3 is 5.97 Å². The number of carboxylic acids is 1. The van der Waals surface area contributed by atoms with Gasteiger partial charge in [-0.1, -0.05) is 31.2 Å². The van der Waals surface area contributed by atoms with Crippen molar-refractivity contribution in [2.45, 2.75) is 19.8 Å². The quantitative estimate of drug-likeness (QED) is 0.591. The molecule has 0 aliphatic heterocycles. The van der Waals surface area contributed by atoms with Crippen LogP contribution in [0.25, 0.3) is 0 Å². The Labute approximate surface area is 95.4 Å². The predicted octanol–water partition coefficient (Wildman–Crippen LogP) is 3.12. The Balaban J connectivity index is 2.53. The first-order chi connectivity index (χ1) is 7.75. The summed E-state index contributed by atoms with van der Waals surface area (Å²) in [4.78, 5) is 10.9. The van der Waals surface area contributed by atoms with Gasteiger partial charge < -0.3 is 9.84 Å². The summed E-state index contributed by atoms with van der Waals surface area (Å²) in [6.45, 7) is 2.57. The molecule has 1 aromatic carbocycles. The molecular formula is C13H16O3. The van der Waals surface area contributed by atoms with Crippen LogP contribution in [-0.4, -0.2) is 17.7 Å². The van der Waals surface area contributed by atoms with E-state index in [9.17, 15) is 4.79 Å². The van der Waals surface area contributed by atoms with E-state index in [0.29, 0.717) is 12.4 Å². The summed E-state index contributed by atoms with van der Waals surface area (Å²) in [6.07, 6.45) is 5.89. The highest BCUT2D eigenvalue weighted by atomic mass is 16.5. The van der Waals surface area contributed by atoms with Crippen molar-refractivity contribution in [2.75, 3.05) is 6.61 Å². The van der Waals surface area contributed by atoms with Crippen LogP contribution in [0.3, 0.4) is 0 Å². The lowest BCUT2D eigenvalue weighted by molar-refractivity contribution is 0.0692. The number of carbonyl (C=O) groups is 1. The van der Waals surface area contributed by atoms with Gasteiger partial charge in [-0.25, -0.2) is 4.79 Å². The van der Waals surface area contributed by atoms with Crippen molar-refractivity contribution < 1.29 is 14.6 Å². The van der Waals surface area contributed by atoms with Crippen LogP contribution in [-0.2, 0) is 0 Å². The largest absolute Gasteiger partial charge is 0.492 e. The van der Waals surface area contributed by atoms with Crippen LogP contribution in [0.1, 0.15) is 30.1 Å². The fourth-order valence-electron chi connectivity index (χ4n) is 1.29. The van der Waals surface area contributed by atoms with Crippen molar-refractivity contribution in [3.63, 3.8) is 0 Å². The molecule has 0 radical (unpaired) electrons. The number of ether oxygens (including phenoxy) is 1. The van der Waals surface area contributed by atoms with Gasteiger partial charge in [0.15, 0.2) is 0 Å². The molecular weight excluding hydrogens is 204 g/mol. The molecule has 16 heavy (non-hydrogen) atoms. The first-order valence-corrected chi connectivity index (χ1v) is 5.35. The van der Waals surface area contributed by atoms with Crippen LogP contribution in [0.4, 0.5) is 0 Å². The molecule has 0 amide bonds. The number of carboxylic acid groups (broad SMARTS) is 1. The maximum atomic E-state index is 10.9. The molecule has 0 aromatic heterocycles. The minimum absolute atomic E-state index is 0.210. The van der Waals surface area contributed by atoms with Gasteiger partial charge in [0.2, 0.25) is 0 Å². The summed E-state index contributed by atoms with van der Waals surface area (Å²) in [7, 11) is 0. The van der Waals surface area contributed by atoms with E-state index in [1.807, 2.05) is 6.08 Å². The summed E-state index contributed by atoms with van der Waals surface area (Å²) >= 11 is 0.